The van der Waals surface area contributed by atoms with Crippen LogP contribution in [-0.2, 0) is 17.9 Å². The first-order chi connectivity index (χ1) is 3.72. The Balaban J connectivity index is 2.70. The van der Waals surface area contributed by atoms with Gasteiger partial charge >= 0.3 is 58.5 Å². The van der Waals surface area contributed by atoms with Crippen molar-refractivity contribution < 1.29 is 17.9 Å². The van der Waals surface area contributed by atoms with Crippen molar-refractivity contribution in [2.24, 2.45) is 0 Å². The quantitative estimate of drug-likeness (QED) is 0.461. The van der Waals surface area contributed by atoms with Gasteiger partial charge in [-0.1, -0.05) is 0 Å². The SMILES string of the molecule is CN1C=CN(C)[C]1=[Zn]. The molecule has 0 aromatic heterocycles. The molecule has 0 fully saturated rings. The third kappa shape index (κ3) is 0.827. The summed E-state index contributed by atoms with van der Waals surface area (Å²) in [7, 11) is 4.14. The van der Waals surface area contributed by atoms with Crippen LogP contribution >= 0.6 is 0 Å². The summed E-state index contributed by atoms with van der Waals surface area (Å²) in [4.78, 5) is 4.28. The van der Waals surface area contributed by atoms with Crippen molar-refractivity contribution in [1.29, 1.82) is 0 Å². The molecule has 8 heavy (non-hydrogen) atoms. The van der Waals surface area contributed by atoms with Crippen LogP contribution in [0.25, 0.3) is 0 Å². The van der Waals surface area contributed by atoms with E-state index in [0.717, 1.165) is 0 Å². The van der Waals surface area contributed by atoms with Crippen molar-refractivity contribution in [1.82, 2.24) is 9.80 Å². The third-order valence-corrected chi connectivity index (χ3v) is 3.42. The summed E-state index contributed by atoms with van der Waals surface area (Å²) >= 11 is 1.22. The average molecular weight is 162 g/mol. The monoisotopic (exact) mass is 160 g/mol. The summed E-state index contributed by atoms with van der Waals surface area (Å²) in [5.41, 5.74) is 0. The van der Waals surface area contributed by atoms with Crippen LogP contribution < -0.4 is 0 Å². The zero-order valence-electron chi connectivity index (χ0n) is 5.26. The molecule has 40 valence electrons. The number of rotatable bonds is 0. The van der Waals surface area contributed by atoms with Gasteiger partial charge in [-0.15, -0.1) is 0 Å². The molecule has 0 amide bonds. The molecule has 0 aliphatic carbocycles. The molecule has 0 aromatic carbocycles. The summed E-state index contributed by atoms with van der Waals surface area (Å²) < 4.78 is 1.39. The van der Waals surface area contributed by atoms with E-state index in [0.29, 0.717) is 0 Å². The summed E-state index contributed by atoms with van der Waals surface area (Å²) in [5.74, 6) is 0. The second-order valence-electron chi connectivity index (χ2n) is 1.94. The minimum absolute atomic E-state index is 1.22. The molecule has 1 heterocycles. The summed E-state index contributed by atoms with van der Waals surface area (Å²) in [6, 6.07) is 0. The van der Waals surface area contributed by atoms with Gasteiger partial charge in [-0.25, -0.2) is 0 Å². The molecule has 0 unspecified atom stereocenters. The fourth-order valence-corrected chi connectivity index (χ4v) is 1.06. The van der Waals surface area contributed by atoms with Gasteiger partial charge in [-0.05, 0) is 0 Å². The normalized spacial score (nSPS) is 18.8. The molecule has 0 atom stereocenters. The molecule has 0 N–H and O–H groups in total. The first-order valence-electron chi connectivity index (χ1n) is 2.54. The van der Waals surface area contributed by atoms with E-state index in [1.807, 2.05) is 0 Å². The Bertz CT molecular complexity index is 127. The van der Waals surface area contributed by atoms with Crippen LogP contribution in [0.15, 0.2) is 12.4 Å². The van der Waals surface area contributed by atoms with Crippen LogP contribution in [0, 0.1) is 0 Å². The Kier molecular flexibility index (Phi) is 1.48. The van der Waals surface area contributed by atoms with Gasteiger partial charge in [0.05, 0.1) is 0 Å². The van der Waals surface area contributed by atoms with Crippen LogP contribution in [0.4, 0.5) is 0 Å². The minimum atomic E-state index is 1.22. The molecule has 0 aromatic rings. The predicted octanol–water partition coefficient (Wildman–Crippen LogP) is -0.0310. The Hall–Kier alpha value is -0.167. The van der Waals surface area contributed by atoms with Crippen molar-refractivity contribution in [3.8, 4) is 0 Å². The van der Waals surface area contributed by atoms with Gasteiger partial charge in [0, 0.05) is 0 Å². The standard InChI is InChI=1S/C5H8N2.Zn/c1-6-3-4-7(2)5-6;/h3-4H,1-2H3;. The Morgan fingerprint density at radius 3 is 1.75 bits per heavy atom. The van der Waals surface area contributed by atoms with E-state index >= 15 is 0 Å². The van der Waals surface area contributed by atoms with Crippen LogP contribution in [0.2, 0.25) is 0 Å². The van der Waals surface area contributed by atoms with Crippen LogP contribution in [0.1, 0.15) is 0 Å². The number of hydrogen-bond acceptors (Lipinski definition) is 2. The molecule has 1 aliphatic heterocycles. The molecule has 0 bridgehead atoms. The second kappa shape index (κ2) is 1.98. The Labute approximate surface area is 59.0 Å². The van der Waals surface area contributed by atoms with Gasteiger partial charge in [0.25, 0.3) is 0 Å². The third-order valence-electron chi connectivity index (χ3n) is 1.33. The van der Waals surface area contributed by atoms with Gasteiger partial charge < -0.3 is 0 Å². The van der Waals surface area contributed by atoms with Crippen molar-refractivity contribution in [3.63, 3.8) is 0 Å². The first-order valence-corrected chi connectivity index (χ1v) is 4.03. The van der Waals surface area contributed by atoms with E-state index in [2.05, 4.69) is 36.3 Å². The zero-order chi connectivity index (χ0) is 6.15. The summed E-state index contributed by atoms with van der Waals surface area (Å²) in [5, 5.41) is 0. The van der Waals surface area contributed by atoms with Gasteiger partial charge in [0.2, 0.25) is 0 Å². The average Bonchev–Trinajstić information content (AvgIpc) is 1.98. The maximum atomic E-state index is 2.14. The van der Waals surface area contributed by atoms with Gasteiger partial charge in [-0.2, -0.15) is 0 Å². The summed E-state index contributed by atoms with van der Waals surface area (Å²) in [6.07, 6.45) is 4.14. The van der Waals surface area contributed by atoms with Crippen LogP contribution in [0.5, 0.6) is 0 Å². The Morgan fingerprint density at radius 2 is 1.62 bits per heavy atom. The second-order valence-corrected chi connectivity index (χ2v) is 3.26. The van der Waals surface area contributed by atoms with Crippen molar-refractivity contribution in [2.75, 3.05) is 14.1 Å². The van der Waals surface area contributed by atoms with Crippen LogP contribution in [-0.4, -0.2) is 28.2 Å². The van der Waals surface area contributed by atoms with Gasteiger partial charge in [-0.3, -0.25) is 0 Å². The fraction of sp³-hybridized carbons (Fsp3) is 0.400. The van der Waals surface area contributed by atoms with Crippen molar-refractivity contribution >= 4 is 4.35 Å². The molecule has 0 saturated carbocycles. The predicted molar refractivity (Wildman–Crippen MR) is 29.7 cm³/mol. The van der Waals surface area contributed by atoms with Gasteiger partial charge in [0.1, 0.15) is 0 Å². The fourth-order valence-electron chi connectivity index (χ4n) is 0.621. The van der Waals surface area contributed by atoms with E-state index in [4.69, 9.17) is 0 Å². The van der Waals surface area contributed by atoms with Gasteiger partial charge in [0.15, 0.2) is 0 Å². The summed E-state index contributed by atoms with van der Waals surface area (Å²) in [6.45, 7) is 0. The molecule has 0 radical (unpaired) electrons. The molecule has 3 heteroatoms. The van der Waals surface area contributed by atoms with E-state index in [1.54, 1.807) is 0 Å². The molecule has 0 saturated heterocycles. The topological polar surface area (TPSA) is 6.48 Å². The van der Waals surface area contributed by atoms with E-state index in [-0.39, 0.29) is 0 Å². The molecule has 0 spiro atoms. The molecular weight excluding hydrogens is 153 g/mol. The molecule has 2 nitrogen and oxygen atoms in total. The van der Waals surface area contributed by atoms with Crippen LogP contribution in [0.3, 0.4) is 0 Å². The first kappa shape index (κ1) is 5.96. The van der Waals surface area contributed by atoms with E-state index < -0.39 is 0 Å². The number of hydrogen-bond donors (Lipinski definition) is 0. The molecule has 1 rings (SSSR count). The zero-order valence-corrected chi connectivity index (χ0v) is 8.22. The van der Waals surface area contributed by atoms with E-state index in [1.165, 1.54) is 22.2 Å². The maximum absolute atomic E-state index is 2.14. The van der Waals surface area contributed by atoms with Crippen molar-refractivity contribution in [2.45, 2.75) is 0 Å². The molecule has 1 aliphatic rings. The molecular formula is C5H8N2Zn. The Morgan fingerprint density at radius 1 is 1.25 bits per heavy atom. The van der Waals surface area contributed by atoms with E-state index in [9.17, 15) is 0 Å². The number of nitrogens with zero attached hydrogens (tertiary/aromatic N) is 2. The van der Waals surface area contributed by atoms with Crippen molar-refractivity contribution in [3.05, 3.63) is 12.4 Å².